The van der Waals surface area contributed by atoms with Crippen LogP contribution in [0.15, 0.2) is 30.3 Å². The highest BCUT2D eigenvalue weighted by Crippen LogP contribution is 2.15. The van der Waals surface area contributed by atoms with Crippen LogP contribution in [0.25, 0.3) is 0 Å². The topological polar surface area (TPSA) is 42.0 Å². The highest BCUT2D eigenvalue weighted by Gasteiger charge is 2.30. The SMILES string of the molecule is COC(OC)C(=O)N1CCCN(Cc2ccccc2)CC1C. The van der Waals surface area contributed by atoms with Crippen LogP contribution in [-0.4, -0.2) is 61.9 Å². The monoisotopic (exact) mass is 306 g/mol. The maximum Gasteiger partial charge on any atom is 0.279 e. The van der Waals surface area contributed by atoms with Gasteiger partial charge >= 0.3 is 0 Å². The lowest BCUT2D eigenvalue weighted by Gasteiger charge is -2.31. The summed E-state index contributed by atoms with van der Waals surface area (Å²) in [5.41, 5.74) is 1.31. The highest BCUT2D eigenvalue weighted by molar-refractivity contribution is 5.80. The fourth-order valence-corrected chi connectivity index (χ4v) is 2.99. The predicted molar refractivity (Wildman–Crippen MR) is 85.3 cm³/mol. The summed E-state index contributed by atoms with van der Waals surface area (Å²) in [5, 5.41) is 0. The number of methoxy groups -OCH3 is 2. The van der Waals surface area contributed by atoms with Gasteiger partial charge in [0.25, 0.3) is 5.91 Å². The van der Waals surface area contributed by atoms with Crippen molar-refractivity contribution >= 4 is 5.91 Å². The molecule has 0 aliphatic carbocycles. The first-order valence-electron chi connectivity index (χ1n) is 7.78. The minimum absolute atomic E-state index is 0.0842. The maximum absolute atomic E-state index is 12.4. The number of amides is 1. The van der Waals surface area contributed by atoms with Crippen molar-refractivity contribution in [2.75, 3.05) is 33.9 Å². The molecular formula is C17H26N2O3. The Morgan fingerprint density at radius 1 is 1.23 bits per heavy atom. The quantitative estimate of drug-likeness (QED) is 0.777. The van der Waals surface area contributed by atoms with Gasteiger partial charge in [-0.05, 0) is 18.9 Å². The van der Waals surface area contributed by atoms with E-state index in [1.165, 1.54) is 19.8 Å². The predicted octanol–water partition coefficient (Wildman–Crippen LogP) is 1.73. The molecule has 1 aliphatic rings. The first-order valence-corrected chi connectivity index (χ1v) is 7.78. The molecule has 1 aromatic carbocycles. The van der Waals surface area contributed by atoms with Gasteiger partial charge in [0.05, 0.1) is 0 Å². The Morgan fingerprint density at radius 3 is 2.55 bits per heavy atom. The molecule has 1 aliphatic heterocycles. The standard InChI is InChI=1S/C17H26N2O3/c1-14-12-18(13-15-8-5-4-6-9-15)10-7-11-19(14)16(20)17(21-2)22-3/h4-6,8-9,14,17H,7,10-13H2,1-3H3. The molecule has 1 atom stereocenters. The van der Waals surface area contributed by atoms with Gasteiger partial charge in [-0.25, -0.2) is 0 Å². The normalized spacial score (nSPS) is 20.2. The van der Waals surface area contributed by atoms with Crippen LogP contribution >= 0.6 is 0 Å². The Kier molecular flexibility index (Phi) is 6.36. The van der Waals surface area contributed by atoms with Crippen LogP contribution < -0.4 is 0 Å². The van der Waals surface area contributed by atoms with Crippen LogP contribution in [0.3, 0.4) is 0 Å². The molecule has 0 aromatic heterocycles. The van der Waals surface area contributed by atoms with Gasteiger partial charge in [0.1, 0.15) is 0 Å². The van der Waals surface area contributed by atoms with Crippen LogP contribution in [0, 0.1) is 0 Å². The third-order valence-corrected chi connectivity index (χ3v) is 4.09. The van der Waals surface area contributed by atoms with Crippen LogP contribution in [0.1, 0.15) is 18.9 Å². The largest absolute Gasteiger partial charge is 0.348 e. The van der Waals surface area contributed by atoms with Gasteiger partial charge in [0.15, 0.2) is 0 Å². The number of ether oxygens (including phenoxy) is 2. The molecule has 122 valence electrons. The smallest absolute Gasteiger partial charge is 0.279 e. The lowest BCUT2D eigenvalue weighted by molar-refractivity contribution is -0.172. The summed E-state index contributed by atoms with van der Waals surface area (Å²) < 4.78 is 10.2. The van der Waals surface area contributed by atoms with Gasteiger partial charge in [-0.15, -0.1) is 0 Å². The van der Waals surface area contributed by atoms with Gasteiger partial charge in [0, 0.05) is 46.4 Å². The summed E-state index contributed by atoms with van der Waals surface area (Å²) in [4.78, 5) is 16.7. The molecule has 1 heterocycles. The minimum atomic E-state index is -0.803. The average Bonchev–Trinajstić information content (AvgIpc) is 2.70. The average molecular weight is 306 g/mol. The number of carbonyl (C=O) groups excluding carboxylic acids is 1. The van der Waals surface area contributed by atoms with Gasteiger partial charge < -0.3 is 14.4 Å². The van der Waals surface area contributed by atoms with E-state index >= 15 is 0 Å². The van der Waals surface area contributed by atoms with Gasteiger partial charge in [-0.1, -0.05) is 30.3 Å². The molecule has 1 aromatic rings. The highest BCUT2D eigenvalue weighted by atomic mass is 16.7. The zero-order valence-electron chi connectivity index (χ0n) is 13.7. The number of nitrogens with zero attached hydrogens (tertiary/aromatic N) is 2. The van der Waals surface area contributed by atoms with E-state index in [0.717, 1.165) is 32.6 Å². The summed E-state index contributed by atoms with van der Waals surface area (Å²) in [6.45, 7) is 5.61. The molecule has 22 heavy (non-hydrogen) atoms. The number of rotatable bonds is 5. The molecule has 2 rings (SSSR count). The maximum atomic E-state index is 12.4. The molecule has 1 fully saturated rings. The Bertz CT molecular complexity index is 462. The van der Waals surface area contributed by atoms with Crippen molar-refractivity contribution in [3.63, 3.8) is 0 Å². The number of hydrogen-bond donors (Lipinski definition) is 0. The Labute approximate surface area is 132 Å². The second-order valence-electron chi connectivity index (χ2n) is 5.76. The van der Waals surface area contributed by atoms with Crippen molar-refractivity contribution < 1.29 is 14.3 Å². The Morgan fingerprint density at radius 2 is 1.91 bits per heavy atom. The lowest BCUT2D eigenvalue weighted by atomic mass is 10.2. The van der Waals surface area contributed by atoms with Crippen molar-refractivity contribution in [2.24, 2.45) is 0 Å². The zero-order valence-corrected chi connectivity index (χ0v) is 13.7. The molecule has 1 unspecified atom stereocenters. The molecule has 5 nitrogen and oxygen atoms in total. The number of benzene rings is 1. The molecule has 0 saturated carbocycles. The van der Waals surface area contributed by atoms with Crippen molar-refractivity contribution in [3.8, 4) is 0 Å². The fourth-order valence-electron chi connectivity index (χ4n) is 2.99. The molecule has 0 spiro atoms. The van der Waals surface area contributed by atoms with Gasteiger partial charge in [0.2, 0.25) is 6.29 Å². The van der Waals surface area contributed by atoms with E-state index in [1.807, 2.05) is 11.0 Å². The van der Waals surface area contributed by atoms with Gasteiger partial charge in [-0.2, -0.15) is 0 Å². The van der Waals surface area contributed by atoms with Crippen molar-refractivity contribution in [3.05, 3.63) is 35.9 Å². The Balaban J connectivity index is 1.98. The van der Waals surface area contributed by atoms with Crippen molar-refractivity contribution in [2.45, 2.75) is 32.2 Å². The fraction of sp³-hybridized carbons (Fsp3) is 0.588. The van der Waals surface area contributed by atoms with E-state index in [-0.39, 0.29) is 11.9 Å². The van der Waals surface area contributed by atoms with E-state index < -0.39 is 6.29 Å². The van der Waals surface area contributed by atoms with E-state index in [0.29, 0.717) is 0 Å². The first-order chi connectivity index (χ1) is 10.7. The van der Waals surface area contributed by atoms with Crippen molar-refractivity contribution in [1.82, 2.24) is 9.80 Å². The lowest BCUT2D eigenvalue weighted by Crippen LogP contribution is -2.47. The third-order valence-electron chi connectivity index (χ3n) is 4.09. The molecule has 1 saturated heterocycles. The Hall–Kier alpha value is -1.43. The van der Waals surface area contributed by atoms with Gasteiger partial charge in [-0.3, -0.25) is 9.69 Å². The molecule has 0 bridgehead atoms. The third kappa shape index (κ3) is 4.29. The minimum Gasteiger partial charge on any atom is -0.348 e. The van der Waals surface area contributed by atoms with E-state index in [1.54, 1.807) is 0 Å². The summed E-state index contributed by atoms with van der Waals surface area (Å²) in [7, 11) is 2.99. The summed E-state index contributed by atoms with van der Waals surface area (Å²) in [6, 6.07) is 10.6. The molecular weight excluding hydrogens is 280 g/mol. The molecule has 0 N–H and O–H groups in total. The van der Waals surface area contributed by atoms with Crippen LogP contribution in [-0.2, 0) is 20.8 Å². The van der Waals surface area contributed by atoms with Crippen LogP contribution in [0.5, 0.6) is 0 Å². The van der Waals surface area contributed by atoms with Crippen LogP contribution in [0.2, 0.25) is 0 Å². The molecule has 5 heteroatoms. The molecule has 1 amide bonds. The second-order valence-corrected chi connectivity index (χ2v) is 5.76. The summed E-state index contributed by atoms with van der Waals surface area (Å²) in [6.07, 6.45) is 0.159. The van der Waals surface area contributed by atoms with Crippen molar-refractivity contribution in [1.29, 1.82) is 0 Å². The van der Waals surface area contributed by atoms with E-state index in [4.69, 9.17) is 9.47 Å². The number of hydrogen-bond acceptors (Lipinski definition) is 4. The number of carbonyl (C=O) groups is 1. The van der Waals surface area contributed by atoms with E-state index in [9.17, 15) is 4.79 Å². The van der Waals surface area contributed by atoms with E-state index in [2.05, 4.69) is 36.1 Å². The summed E-state index contributed by atoms with van der Waals surface area (Å²) in [5.74, 6) is -0.0842. The molecule has 0 radical (unpaired) electrons. The van der Waals surface area contributed by atoms with Crippen LogP contribution in [0.4, 0.5) is 0 Å². The summed E-state index contributed by atoms with van der Waals surface area (Å²) >= 11 is 0. The second kappa shape index (κ2) is 8.27. The first kappa shape index (κ1) is 16.9. The zero-order chi connectivity index (χ0) is 15.9.